The van der Waals surface area contributed by atoms with Crippen LogP contribution in [-0.4, -0.2) is 24.5 Å². The maximum atomic E-state index is 13.1. The summed E-state index contributed by atoms with van der Waals surface area (Å²) in [4.78, 5) is 3.02. The first-order valence-electron chi connectivity index (χ1n) is 5.41. The highest BCUT2D eigenvalue weighted by molar-refractivity contribution is 5.83. The van der Waals surface area contributed by atoms with E-state index < -0.39 is 6.43 Å². The van der Waals surface area contributed by atoms with E-state index in [1.54, 1.807) is 12.3 Å². The third-order valence-corrected chi connectivity index (χ3v) is 2.60. The van der Waals surface area contributed by atoms with Crippen LogP contribution in [0, 0.1) is 5.82 Å². The summed E-state index contributed by atoms with van der Waals surface area (Å²) in [5.41, 5.74) is 1.79. The molecule has 2 nitrogen and oxygen atoms in total. The van der Waals surface area contributed by atoms with E-state index in [1.807, 2.05) is 0 Å². The molecule has 0 aliphatic carbocycles. The molecule has 0 fully saturated rings. The molecular formula is C12H13F3N2. The van der Waals surface area contributed by atoms with Crippen LogP contribution in [0.5, 0.6) is 0 Å². The van der Waals surface area contributed by atoms with E-state index >= 15 is 0 Å². The normalized spacial score (nSPS) is 11.5. The van der Waals surface area contributed by atoms with Crippen LogP contribution >= 0.6 is 0 Å². The van der Waals surface area contributed by atoms with E-state index in [9.17, 15) is 13.2 Å². The van der Waals surface area contributed by atoms with Gasteiger partial charge < -0.3 is 10.3 Å². The van der Waals surface area contributed by atoms with Gasteiger partial charge in [-0.05, 0) is 36.7 Å². The topological polar surface area (TPSA) is 27.8 Å². The van der Waals surface area contributed by atoms with Crippen LogP contribution in [0.4, 0.5) is 13.2 Å². The van der Waals surface area contributed by atoms with Crippen molar-refractivity contribution in [3.63, 3.8) is 0 Å². The number of rotatable bonds is 5. The van der Waals surface area contributed by atoms with Gasteiger partial charge in [-0.15, -0.1) is 0 Å². The largest absolute Gasteiger partial charge is 0.361 e. The van der Waals surface area contributed by atoms with Crippen LogP contribution in [0.2, 0.25) is 0 Å². The molecule has 0 spiro atoms. The summed E-state index contributed by atoms with van der Waals surface area (Å²) in [7, 11) is 0. The summed E-state index contributed by atoms with van der Waals surface area (Å²) in [6.45, 7) is 0.143. The van der Waals surface area contributed by atoms with Gasteiger partial charge in [-0.3, -0.25) is 0 Å². The fourth-order valence-corrected chi connectivity index (χ4v) is 1.79. The number of aromatic amines is 1. The first-order valence-corrected chi connectivity index (χ1v) is 5.41. The maximum Gasteiger partial charge on any atom is 0.250 e. The van der Waals surface area contributed by atoms with Crippen LogP contribution in [0.15, 0.2) is 24.4 Å². The summed E-state index contributed by atoms with van der Waals surface area (Å²) < 4.78 is 36.8. The summed E-state index contributed by atoms with van der Waals surface area (Å²) in [5.74, 6) is -0.293. The Hall–Kier alpha value is -1.49. The van der Waals surface area contributed by atoms with Crippen molar-refractivity contribution in [2.45, 2.75) is 12.8 Å². The monoisotopic (exact) mass is 242 g/mol. The fraction of sp³-hybridized carbons (Fsp3) is 0.333. The Bertz CT molecular complexity index is 493. The molecule has 0 saturated carbocycles. The molecule has 0 amide bonds. The highest BCUT2D eigenvalue weighted by Crippen LogP contribution is 2.19. The van der Waals surface area contributed by atoms with Gasteiger partial charge in [0, 0.05) is 17.1 Å². The zero-order chi connectivity index (χ0) is 12.3. The average Bonchev–Trinajstić information content (AvgIpc) is 2.67. The summed E-state index contributed by atoms with van der Waals surface area (Å²) in [6, 6.07) is 4.51. The van der Waals surface area contributed by atoms with Crippen LogP contribution in [-0.2, 0) is 6.42 Å². The number of aromatic nitrogens is 1. The maximum absolute atomic E-state index is 13.1. The molecule has 1 heterocycles. The van der Waals surface area contributed by atoms with E-state index in [-0.39, 0.29) is 12.4 Å². The number of hydrogen-bond acceptors (Lipinski definition) is 1. The van der Waals surface area contributed by atoms with Crippen molar-refractivity contribution < 1.29 is 13.2 Å². The zero-order valence-corrected chi connectivity index (χ0v) is 9.14. The lowest BCUT2D eigenvalue weighted by Crippen LogP contribution is -2.23. The molecule has 0 bridgehead atoms. The second kappa shape index (κ2) is 5.23. The Morgan fingerprint density at radius 2 is 2.12 bits per heavy atom. The van der Waals surface area contributed by atoms with Gasteiger partial charge in [0.2, 0.25) is 0 Å². The lowest BCUT2D eigenvalue weighted by Gasteiger charge is -2.03. The Morgan fingerprint density at radius 3 is 2.88 bits per heavy atom. The van der Waals surface area contributed by atoms with Crippen molar-refractivity contribution in [1.82, 2.24) is 10.3 Å². The van der Waals surface area contributed by atoms with Crippen LogP contribution in [0.25, 0.3) is 10.9 Å². The lowest BCUT2D eigenvalue weighted by molar-refractivity contribution is 0.146. The Morgan fingerprint density at radius 1 is 1.29 bits per heavy atom. The molecule has 1 aromatic carbocycles. The molecule has 0 saturated heterocycles. The first-order chi connectivity index (χ1) is 8.16. The zero-order valence-electron chi connectivity index (χ0n) is 9.14. The molecule has 0 aliphatic rings. The van der Waals surface area contributed by atoms with Crippen molar-refractivity contribution in [3.05, 3.63) is 35.8 Å². The first kappa shape index (κ1) is 12.0. The van der Waals surface area contributed by atoms with Crippen molar-refractivity contribution >= 4 is 10.9 Å². The van der Waals surface area contributed by atoms with Crippen molar-refractivity contribution in [3.8, 4) is 0 Å². The van der Waals surface area contributed by atoms with Crippen LogP contribution in [0.3, 0.4) is 0 Å². The Labute approximate surface area is 96.8 Å². The second-order valence-corrected chi connectivity index (χ2v) is 3.85. The third-order valence-electron chi connectivity index (χ3n) is 2.60. The van der Waals surface area contributed by atoms with Crippen molar-refractivity contribution in [2.75, 3.05) is 13.1 Å². The molecule has 0 unspecified atom stereocenters. The molecule has 0 aliphatic heterocycles. The number of halogens is 3. The minimum Gasteiger partial charge on any atom is -0.361 e. The second-order valence-electron chi connectivity index (χ2n) is 3.85. The van der Waals surface area contributed by atoms with E-state index in [4.69, 9.17) is 0 Å². The predicted molar refractivity (Wildman–Crippen MR) is 60.8 cm³/mol. The minimum absolute atomic E-state index is 0.293. The van der Waals surface area contributed by atoms with E-state index in [0.29, 0.717) is 13.0 Å². The van der Waals surface area contributed by atoms with E-state index in [1.165, 1.54) is 12.1 Å². The van der Waals surface area contributed by atoms with Gasteiger partial charge in [0.15, 0.2) is 0 Å². The molecular weight excluding hydrogens is 229 g/mol. The lowest BCUT2D eigenvalue weighted by atomic mass is 10.1. The molecule has 2 rings (SSSR count). The highest BCUT2D eigenvalue weighted by atomic mass is 19.3. The van der Waals surface area contributed by atoms with Gasteiger partial charge >= 0.3 is 0 Å². The summed E-state index contributed by atoms with van der Waals surface area (Å²) in [5, 5.41) is 3.45. The number of hydrogen-bond donors (Lipinski definition) is 2. The van der Waals surface area contributed by atoms with Gasteiger partial charge in [-0.2, -0.15) is 0 Å². The average molecular weight is 242 g/mol. The van der Waals surface area contributed by atoms with Gasteiger partial charge in [0.25, 0.3) is 6.43 Å². The van der Waals surface area contributed by atoms with Crippen molar-refractivity contribution in [1.29, 1.82) is 0 Å². The number of benzene rings is 1. The fourth-order valence-electron chi connectivity index (χ4n) is 1.79. The van der Waals surface area contributed by atoms with Gasteiger partial charge in [0.1, 0.15) is 5.82 Å². The van der Waals surface area contributed by atoms with E-state index in [2.05, 4.69) is 10.3 Å². The van der Waals surface area contributed by atoms with Crippen LogP contribution < -0.4 is 5.32 Å². The standard InChI is InChI=1S/C12H13F3N2/c13-9-1-2-11-10(5-9)8(6-17-11)3-4-16-7-12(14)15/h1-2,5-6,12,16-17H,3-4,7H2. The highest BCUT2D eigenvalue weighted by Gasteiger charge is 2.05. The molecule has 0 atom stereocenters. The number of fused-ring (bicyclic) bond motifs is 1. The molecule has 2 N–H and O–H groups in total. The van der Waals surface area contributed by atoms with Gasteiger partial charge in [0.05, 0.1) is 6.54 Å². The summed E-state index contributed by atoms with van der Waals surface area (Å²) in [6.07, 6.45) is 0.0417. The molecule has 5 heteroatoms. The number of nitrogens with one attached hydrogen (secondary N) is 2. The number of H-pyrrole nitrogens is 1. The van der Waals surface area contributed by atoms with Gasteiger partial charge in [-0.1, -0.05) is 0 Å². The quantitative estimate of drug-likeness (QED) is 0.775. The Balaban J connectivity index is 2.01. The van der Waals surface area contributed by atoms with E-state index in [0.717, 1.165) is 16.5 Å². The molecule has 17 heavy (non-hydrogen) atoms. The van der Waals surface area contributed by atoms with Gasteiger partial charge in [-0.25, -0.2) is 13.2 Å². The Kier molecular flexibility index (Phi) is 3.68. The van der Waals surface area contributed by atoms with Crippen molar-refractivity contribution in [2.24, 2.45) is 0 Å². The third kappa shape index (κ3) is 3.00. The molecule has 0 radical (unpaired) electrons. The number of alkyl halides is 2. The summed E-state index contributed by atoms with van der Waals surface area (Å²) >= 11 is 0. The molecule has 2 aromatic rings. The molecule has 1 aromatic heterocycles. The predicted octanol–water partition coefficient (Wildman–Crippen LogP) is 2.70. The molecule has 92 valence electrons. The minimum atomic E-state index is -2.34. The SMILES string of the molecule is Fc1ccc2[nH]cc(CCNCC(F)F)c2c1. The van der Waals surface area contributed by atoms with Crippen LogP contribution in [0.1, 0.15) is 5.56 Å². The smallest absolute Gasteiger partial charge is 0.250 e.